The molecular weight excluding hydrogens is 711 g/mol. The maximum absolute atomic E-state index is 0. The van der Waals surface area contributed by atoms with Crippen LogP contribution < -0.4 is 0 Å². The van der Waals surface area contributed by atoms with Crippen LogP contribution in [0.2, 0.25) is 0 Å². The van der Waals surface area contributed by atoms with Crippen LogP contribution in [0.4, 0.5) is 0 Å². The average Bonchev–Trinajstić information content (AvgIpc) is 0. The average molecular weight is 741 g/mol. The van der Waals surface area contributed by atoms with Crippen LogP contribution in [0.25, 0.3) is 0 Å². The van der Waals surface area contributed by atoms with E-state index in [0.717, 1.165) is 0 Å². The Morgan fingerprint density at radius 3 is 0.150 bits per heavy atom. The molecule has 0 unspecified atom stereocenters. The van der Waals surface area contributed by atoms with Crippen LogP contribution in [-0.2, 0) is 0 Å². The molecule has 100 valence electrons. The van der Waals surface area contributed by atoms with E-state index in [0.29, 0.717) is 0 Å². The van der Waals surface area contributed by atoms with Crippen molar-refractivity contribution in [3.05, 3.63) is 0 Å². The molecule has 20 heteroatoms. The van der Waals surface area contributed by atoms with Gasteiger partial charge < -0.3 is 113 Å². The molecule has 20 heavy (non-hydrogen) atoms. The van der Waals surface area contributed by atoms with Crippen LogP contribution >= 0.6 is 99.0 Å². The van der Waals surface area contributed by atoms with E-state index in [1.807, 2.05) is 0 Å². The van der Waals surface area contributed by atoms with Crippen molar-refractivity contribution in [1.82, 2.24) is 0 Å². The summed E-state index contributed by atoms with van der Waals surface area (Å²) in [5, 5.41) is 0. The van der Waals surface area contributed by atoms with Crippen molar-refractivity contribution in [3.63, 3.8) is 0 Å². The summed E-state index contributed by atoms with van der Waals surface area (Å²) in [6.45, 7) is 0. The van der Waals surface area contributed by atoms with E-state index in [1.54, 1.807) is 0 Å². The fourth-order valence-corrected chi connectivity index (χ4v) is 0. The summed E-state index contributed by atoms with van der Waals surface area (Å²) in [5.41, 5.74) is 0. The van der Waals surface area contributed by atoms with Gasteiger partial charge in [-0.2, -0.15) is 0 Å². The fourth-order valence-electron chi connectivity index (χ4n) is 0. The molecule has 0 aliphatic heterocycles. The predicted octanol–water partition coefficient (Wildman–Crippen LogP) is 0.575. The molecule has 0 saturated heterocycles. The minimum Gasteiger partial charge on any atom is -1.00 e. The molecule has 0 aliphatic rings. The van der Waals surface area contributed by atoms with Crippen molar-refractivity contribution >= 4 is 476 Å². The molecule has 0 aromatic heterocycles. The normalized spacial score (nSPS) is 0. The van der Waals surface area contributed by atoms with Gasteiger partial charge in [0.2, 0.25) is 0 Å². The summed E-state index contributed by atoms with van der Waals surface area (Å²) < 4.78 is 0. The summed E-state index contributed by atoms with van der Waals surface area (Å²) in [5.74, 6) is 0. The van der Waals surface area contributed by atoms with E-state index in [-0.39, 0.29) is 491 Å². The summed E-state index contributed by atoms with van der Waals surface area (Å²) in [4.78, 5) is 0. The molecule has 0 aromatic rings. The van der Waals surface area contributed by atoms with Gasteiger partial charge >= 0.3 is 377 Å². The first-order chi connectivity index (χ1) is 0. The maximum atomic E-state index is 0. The van der Waals surface area contributed by atoms with Gasteiger partial charge in [0, 0.05) is 0 Å². The summed E-state index contributed by atoms with van der Waals surface area (Å²) in [7, 11) is 0. The first-order valence-electron chi connectivity index (χ1n) is 0. The summed E-state index contributed by atoms with van der Waals surface area (Å²) in [6.07, 6.45) is 0. The van der Waals surface area contributed by atoms with Crippen molar-refractivity contribution in [2.75, 3.05) is 0 Å². The standard InChI is InChI=1S/10Ca.10H2P.10H/h;;;;;;;;;;10*1H2;;;;;;;;;;/q10*+2;20*-1. The number of hydrogen-bond donors (Lipinski definition) is 0. The first-order valence-corrected chi connectivity index (χ1v) is 0. The molecule has 0 aromatic carbocycles. The summed E-state index contributed by atoms with van der Waals surface area (Å²) in [6, 6.07) is 0. The van der Waals surface area contributed by atoms with Crippen molar-refractivity contribution in [1.29, 1.82) is 0 Å². The van der Waals surface area contributed by atoms with Gasteiger partial charge in [-0.1, -0.05) is 0 Å². The molecule has 0 rings (SSSR count). The van der Waals surface area contributed by atoms with Gasteiger partial charge in [-0.25, -0.2) is 0 Å². The number of hydrogen-bond acceptors (Lipinski definition) is 0. The van der Waals surface area contributed by atoms with Crippen molar-refractivity contribution < 1.29 is 14.3 Å². The Morgan fingerprint density at radius 1 is 0.150 bits per heavy atom. The Kier molecular flexibility index (Phi) is 1270. The van der Waals surface area contributed by atoms with Crippen LogP contribution in [0, 0.1) is 0 Å². The minimum absolute atomic E-state index is 0. The molecule has 0 nitrogen and oxygen atoms in total. The van der Waals surface area contributed by atoms with Gasteiger partial charge in [-0.3, -0.25) is 0 Å². The van der Waals surface area contributed by atoms with E-state index in [1.165, 1.54) is 0 Å². The van der Waals surface area contributed by atoms with E-state index in [9.17, 15) is 0 Å². The third kappa shape index (κ3) is 140. The topological polar surface area (TPSA) is 0 Å². The third-order valence-corrected chi connectivity index (χ3v) is 0. The quantitative estimate of drug-likeness (QED) is 0.252. The molecule has 0 bridgehead atoms. The summed E-state index contributed by atoms with van der Waals surface area (Å²) >= 11 is 0. The van der Waals surface area contributed by atoms with Gasteiger partial charge in [0.25, 0.3) is 0 Å². The monoisotopic (exact) mass is 740 g/mol. The Hall–Kier alpha value is 16.9. The van der Waals surface area contributed by atoms with Crippen molar-refractivity contribution in [2.24, 2.45) is 0 Å². The zero-order valence-electron chi connectivity index (χ0n) is 22.8. The molecule has 0 N–H and O–H groups in total. The fraction of sp³-hybridized carbons (Fsp3) is 0. The molecule has 0 radical (unpaired) electrons. The molecule has 0 amide bonds. The maximum Gasteiger partial charge on any atom is 2.00 e. The molecule has 0 heterocycles. The minimum atomic E-state index is 0. The van der Waals surface area contributed by atoms with Crippen LogP contribution in [0.1, 0.15) is 14.3 Å². The SMILES string of the molecule is [Ca+2].[Ca+2].[Ca+2].[Ca+2].[Ca+2].[Ca+2].[Ca+2].[Ca+2].[Ca+2].[Ca+2].[H-].[H-].[H-].[H-].[H-].[H-].[H-].[H-].[H-].[H-].[PH2-].[PH2-].[PH2-].[PH2-].[PH2-].[PH2-].[PH2-].[PH2-].[PH2-].[PH2-]. The first kappa shape index (κ1) is 167. The Morgan fingerprint density at radius 2 is 0.150 bits per heavy atom. The largest absolute Gasteiger partial charge is 2.00 e. The van der Waals surface area contributed by atoms with Gasteiger partial charge in [-0.15, -0.1) is 0 Å². The molecule has 0 saturated carbocycles. The Balaban J connectivity index is 0. The van der Waals surface area contributed by atoms with Crippen LogP contribution in [0.15, 0.2) is 0 Å². The predicted molar refractivity (Wildman–Crippen MR) is 166 cm³/mol. The third-order valence-electron chi connectivity index (χ3n) is 0. The van der Waals surface area contributed by atoms with E-state index in [4.69, 9.17) is 0 Å². The van der Waals surface area contributed by atoms with Gasteiger partial charge in [0.15, 0.2) is 0 Å². The van der Waals surface area contributed by atoms with Gasteiger partial charge in [0.05, 0.1) is 0 Å². The molecule has 0 aliphatic carbocycles. The zero-order chi connectivity index (χ0) is 0. The van der Waals surface area contributed by atoms with Crippen molar-refractivity contribution in [3.8, 4) is 0 Å². The van der Waals surface area contributed by atoms with Crippen LogP contribution in [0.3, 0.4) is 0 Å². The molecule has 0 spiro atoms. The zero-order valence-corrected chi connectivity index (χ0v) is 46.5. The van der Waals surface area contributed by atoms with Gasteiger partial charge in [-0.05, 0) is 0 Å². The van der Waals surface area contributed by atoms with Crippen LogP contribution in [0.5, 0.6) is 0 Å². The Labute approximate surface area is 475 Å². The smallest absolute Gasteiger partial charge is 1.00 e. The molecular formula is H30Ca10P10. The number of rotatable bonds is 0. The second-order valence-corrected chi connectivity index (χ2v) is 0. The molecule has 0 atom stereocenters. The Bertz CT molecular complexity index is 47.5. The van der Waals surface area contributed by atoms with E-state index in [2.05, 4.69) is 0 Å². The van der Waals surface area contributed by atoms with Gasteiger partial charge in [0.1, 0.15) is 0 Å². The van der Waals surface area contributed by atoms with Crippen molar-refractivity contribution in [2.45, 2.75) is 0 Å². The van der Waals surface area contributed by atoms with E-state index >= 15 is 0 Å². The molecule has 0 fully saturated rings. The van der Waals surface area contributed by atoms with E-state index < -0.39 is 0 Å². The second kappa shape index (κ2) is 153. The second-order valence-electron chi connectivity index (χ2n) is 0. The van der Waals surface area contributed by atoms with Crippen LogP contribution in [-0.4, -0.2) is 377 Å².